The van der Waals surface area contributed by atoms with Crippen LogP contribution in [0, 0.1) is 12.3 Å². The van der Waals surface area contributed by atoms with Gasteiger partial charge >= 0.3 is 0 Å². The smallest absolute Gasteiger partial charge is 0.233 e. The van der Waals surface area contributed by atoms with Crippen LogP contribution in [0.25, 0.3) is 0 Å². The number of hydrogen-bond donors (Lipinski definition) is 0. The molecule has 1 aromatic rings. The SMILES string of the molecule is Cc1ccc(C(C)C)cc1OCC(C)(C)CS(=O)(=O)Cl. The summed E-state index contributed by atoms with van der Waals surface area (Å²) in [4.78, 5) is 0. The van der Waals surface area contributed by atoms with Crippen LogP contribution in [0.4, 0.5) is 0 Å². The Bertz CT molecular complexity index is 562. The van der Waals surface area contributed by atoms with Crippen LogP contribution in [0.1, 0.15) is 44.7 Å². The van der Waals surface area contributed by atoms with E-state index in [1.165, 1.54) is 5.56 Å². The number of halogens is 1. The Balaban J connectivity index is 2.81. The first-order valence-corrected chi connectivity index (χ1v) is 9.14. The maximum absolute atomic E-state index is 11.2. The maximum Gasteiger partial charge on any atom is 0.233 e. The van der Waals surface area contributed by atoms with Gasteiger partial charge in [0.05, 0.1) is 12.4 Å². The highest BCUT2D eigenvalue weighted by atomic mass is 35.7. The first-order valence-electron chi connectivity index (χ1n) is 6.66. The van der Waals surface area contributed by atoms with E-state index >= 15 is 0 Å². The second kappa shape index (κ2) is 6.35. The molecule has 3 nitrogen and oxygen atoms in total. The molecule has 0 saturated heterocycles. The van der Waals surface area contributed by atoms with Crippen LogP contribution in [-0.4, -0.2) is 20.8 Å². The maximum atomic E-state index is 11.2. The molecule has 0 atom stereocenters. The van der Waals surface area contributed by atoms with Crippen LogP contribution in [0.15, 0.2) is 18.2 Å². The first-order chi connectivity index (χ1) is 9.00. The van der Waals surface area contributed by atoms with Gasteiger partial charge in [0.2, 0.25) is 9.05 Å². The molecule has 0 fully saturated rings. The lowest BCUT2D eigenvalue weighted by Gasteiger charge is -2.24. The molecule has 0 N–H and O–H groups in total. The van der Waals surface area contributed by atoms with Crippen molar-refractivity contribution in [3.05, 3.63) is 29.3 Å². The lowest BCUT2D eigenvalue weighted by atomic mass is 9.98. The average molecular weight is 319 g/mol. The molecular formula is C15H23ClO3S. The fourth-order valence-electron chi connectivity index (χ4n) is 1.91. The van der Waals surface area contributed by atoms with E-state index in [1.54, 1.807) is 0 Å². The predicted octanol–water partition coefficient (Wildman–Crippen LogP) is 4.09. The van der Waals surface area contributed by atoms with E-state index in [-0.39, 0.29) is 5.75 Å². The van der Waals surface area contributed by atoms with Crippen molar-refractivity contribution >= 4 is 19.7 Å². The third-order valence-electron chi connectivity index (χ3n) is 3.06. The minimum absolute atomic E-state index is 0.107. The van der Waals surface area contributed by atoms with Gasteiger partial charge in [-0.25, -0.2) is 8.42 Å². The van der Waals surface area contributed by atoms with E-state index in [9.17, 15) is 8.42 Å². The summed E-state index contributed by atoms with van der Waals surface area (Å²) < 4.78 is 28.2. The van der Waals surface area contributed by atoms with Crippen LogP contribution in [0.3, 0.4) is 0 Å². The normalized spacial score (nSPS) is 12.8. The Kier molecular flexibility index (Phi) is 5.50. The Morgan fingerprint density at radius 1 is 1.30 bits per heavy atom. The van der Waals surface area contributed by atoms with E-state index in [0.717, 1.165) is 11.3 Å². The van der Waals surface area contributed by atoms with Gasteiger partial charge in [0.15, 0.2) is 0 Å². The molecule has 0 heterocycles. The summed E-state index contributed by atoms with van der Waals surface area (Å²) in [5, 5.41) is 0. The van der Waals surface area contributed by atoms with E-state index in [0.29, 0.717) is 12.5 Å². The molecule has 0 amide bonds. The van der Waals surface area contributed by atoms with Crippen molar-refractivity contribution in [3.63, 3.8) is 0 Å². The van der Waals surface area contributed by atoms with Crippen molar-refractivity contribution in [2.24, 2.45) is 5.41 Å². The molecule has 0 aromatic heterocycles. The number of ether oxygens (including phenoxy) is 1. The second-order valence-corrected chi connectivity index (χ2v) is 9.09. The third-order valence-corrected chi connectivity index (χ3v) is 4.51. The van der Waals surface area contributed by atoms with Gasteiger partial charge in [-0.2, -0.15) is 0 Å². The topological polar surface area (TPSA) is 43.4 Å². The minimum Gasteiger partial charge on any atom is -0.493 e. The van der Waals surface area contributed by atoms with Gasteiger partial charge in [-0.3, -0.25) is 0 Å². The van der Waals surface area contributed by atoms with Crippen LogP contribution in [0.5, 0.6) is 5.75 Å². The molecule has 0 spiro atoms. The van der Waals surface area contributed by atoms with Crippen molar-refractivity contribution in [2.45, 2.75) is 40.5 Å². The van der Waals surface area contributed by atoms with Crippen molar-refractivity contribution in [1.29, 1.82) is 0 Å². The lowest BCUT2D eigenvalue weighted by Crippen LogP contribution is -2.28. The number of aryl methyl sites for hydroxylation is 1. The minimum atomic E-state index is -3.53. The molecule has 0 unspecified atom stereocenters. The molecular weight excluding hydrogens is 296 g/mol. The number of benzene rings is 1. The van der Waals surface area contributed by atoms with Crippen molar-refractivity contribution in [2.75, 3.05) is 12.4 Å². The quantitative estimate of drug-likeness (QED) is 0.742. The summed E-state index contributed by atoms with van der Waals surface area (Å²) >= 11 is 0. The summed E-state index contributed by atoms with van der Waals surface area (Å²) in [6, 6.07) is 6.13. The van der Waals surface area contributed by atoms with Gasteiger partial charge in [0.1, 0.15) is 5.75 Å². The van der Waals surface area contributed by atoms with Gasteiger partial charge in [0.25, 0.3) is 0 Å². The number of hydrogen-bond acceptors (Lipinski definition) is 3. The largest absolute Gasteiger partial charge is 0.493 e. The summed E-state index contributed by atoms with van der Waals surface area (Å²) in [6.07, 6.45) is 0. The van der Waals surface area contributed by atoms with E-state index in [2.05, 4.69) is 19.9 Å². The van der Waals surface area contributed by atoms with E-state index < -0.39 is 14.5 Å². The van der Waals surface area contributed by atoms with Crippen molar-refractivity contribution in [1.82, 2.24) is 0 Å². The molecule has 0 aliphatic heterocycles. The van der Waals surface area contributed by atoms with Crippen LogP contribution in [-0.2, 0) is 9.05 Å². The zero-order valence-electron chi connectivity index (χ0n) is 12.7. The highest BCUT2D eigenvalue weighted by Crippen LogP contribution is 2.27. The first kappa shape index (κ1) is 17.3. The zero-order chi connectivity index (χ0) is 15.6. The Morgan fingerprint density at radius 2 is 1.90 bits per heavy atom. The second-order valence-electron chi connectivity index (χ2n) is 6.32. The molecule has 0 saturated carbocycles. The van der Waals surface area contributed by atoms with Gasteiger partial charge in [-0.05, 0) is 30.0 Å². The van der Waals surface area contributed by atoms with Gasteiger partial charge in [0, 0.05) is 16.1 Å². The van der Waals surface area contributed by atoms with Crippen molar-refractivity contribution in [3.8, 4) is 5.75 Å². The monoisotopic (exact) mass is 318 g/mol. The molecule has 20 heavy (non-hydrogen) atoms. The summed E-state index contributed by atoms with van der Waals surface area (Å²) in [7, 11) is 1.79. The molecule has 1 rings (SSSR count). The molecule has 114 valence electrons. The number of rotatable bonds is 6. The highest BCUT2D eigenvalue weighted by molar-refractivity contribution is 8.13. The molecule has 1 aromatic carbocycles. The standard InChI is InChI=1S/C15H23ClO3S/c1-11(2)13-7-6-12(3)14(8-13)19-9-15(4,5)10-20(16,17)18/h6-8,11H,9-10H2,1-5H3. The Morgan fingerprint density at radius 3 is 2.40 bits per heavy atom. The van der Waals surface area contributed by atoms with Crippen LogP contribution in [0.2, 0.25) is 0 Å². The van der Waals surface area contributed by atoms with E-state index in [1.807, 2.05) is 32.9 Å². The Labute approximate surface area is 126 Å². The molecule has 0 bridgehead atoms. The lowest BCUT2D eigenvalue weighted by molar-refractivity contribution is 0.199. The van der Waals surface area contributed by atoms with Crippen LogP contribution < -0.4 is 4.74 Å². The van der Waals surface area contributed by atoms with Gasteiger partial charge in [-0.1, -0.05) is 39.8 Å². The predicted molar refractivity (Wildman–Crippen MR) is 84.2 cm³/mol. The van der Waals surface area contributed by atoms with Gasteiger partial charge in [-0.15, -0.1) is 0 Å². The molecule has 0 aliphatic rings. The molecule has 5 heteroatoms. The fraction of sp³-hybridized carbons (Fsp3) is 0.600. The fourth-order valence-corrected chi connectivity index (χ4v) is 3.82. The van der Waals surface area contributed by atoms with Crippen LogP contribution >= 0.6 is 10.7 Å². The van der Waals surface area contributed by atoms with Gasteiger partial charge < -0.3 is 4.74 Å². The Hall–Kier alpha value is -0.740. The van der Waals surface area contributed by atoms with Crippen molar-refractivity contribution < 1.29 is 13.2 Å². The zero-order valence-corrected chi connectivity index (χ0v) is 14.3. The molecule has 0 aliphatic carbocycles. The summed E-state index contributed by atoms with van der Waals surface area (Å²) in [5.41, 5.74) is 1.72. The highest BCUT2D eigenvalue weighted by Gasteiger charge is 2.26. The summed E-state index contributed by atoms with van der Waals surface area (Å²) in [5.74, 6) is 1.12. The average Bonchev–Trinajstić information content (AvgIpc) is 2.24. The summed E-state index contributed by atoms with van der Waals surface area (Å²) in [6.45, 7) is 10.2. The third kappa shape index (κ3) is 5.71. The molecule has 0 radical (unpaired) electrons. The van der Waals surface area contributed by atoms with E-state index in [4.69, 9.17) is 15.4 Å².